The van der Waals surface area contributed by atoms with Crippen molar-refractivity contribution in [1.29, 1.82) is 0 Å². The average Bonchev–Trinajstić information content (AvgIpc) is 2.92. The third-order valence-corrected chi connectivity index (χ3v) is 7.61. The molecule has 0 aliphatic rings. The van der Waals surface area contributed by atoms with Crippen LogP contribution in [-0.4, -0.2) is 43.0 Å². The second kappa shape index (κ2) is 14.6. The van der Waals surface area contributed by atoms with Gasteiger partial charge in [0.25, 0.3) is 5.91 Å². The molecule has 6 nitrogen and oxygen atoms in total. The molecule has 0 fully saturated rings. The molecule has 0 aliphatic heterocycles. The maximum absolute atomic E-state index is 13.8. The highest BCUT2D eigenvalue weighted by Gasteiger charge is 2.30. The van der Waals surface area contributed by atoms with Crippen LogP contribution >= 0.6 is 15.9 Å². The molecule has 0 saturated carbocycles. The number of unbranched alkanes of at least 4 members (excludes halogenated alkanes) is 1. The van der Waals surface area contributed by atoms with Crippen molar-refractivity contribution in [2.75, 3.05) is 20.3 Å². The van der Waals surface area contributed by atoms with Crippen LogP contribution in [0.3, 0.4) is 0 Å². The number of aryl methyl sites for hydroxylation is 2. The van der Waals surface area contributed by atoms with Gasteiger partial charge in [-0.25, -0.2) is 0 Å². The molecule has 3 aromatic carbocycles. The Hall–Kier alpha value is -3.32. The minimum atomic E-state index is -0.704. The van der Waals surface area contributed by atoms with Gasteiger partial charge in [-0.3, -0.25) is 9.59 Å². The zero-order valence-electron chi connectivity index (χ0n) is 22.6. The molecule has 0 spiro atoms. The second-order valence-electron chi connectivity index (χ2n) is 9.38. The molecule has 38 heavy (non-hydrogen) atoms. The number of rotatable bonds is 13. The molecule has 1 atom stereocenters. The molecule has 0 saturated heterocycles. The first kappa shape index (κ1) is 29.2. The van der Waals surface area contributed by atoms with Crippen LogP contribution in [0, 0.1) is 13.8 Å². The molecule has 2 amide bonds. The third-order valence-electron chi connectivity index (χ3n) is 6.36. The van der Waals surface area contributed by atoms with Gasteiger partial charge in [-0.05, 0) is 66.8 Å². The highest BCUT2D eigenvalue weighted by molar-refractivity contribution is 9.10. The highest BCUT2D eigenvalue weighted by atomic mass is 79.9. The van der Waals surface area contributed by atoms with E-state index in [1.165, 1.54) is 0 Å². The number of nitrogens with one attached hydrogen (secondary N) is 1. The quantitative estimate of drug-likeness (QED) is 0.251. The number of carbonyl (C=O) groups is 2. The van der Waals surface area contributed by atoms with Gasteiger partial charge >= 0.3 is 0 Å². The summed E-state index contributed by atoms with van der Waals surface area (Å²) in [5, 5.41) is 3.04. The van der Waals surface area contributed by atoms with Crippen molar-refractivity contribution in [3.8, 4) is 11.5 Å². The minimum absolute atomic E-state index is 0.172. The lowest BCUT2D eigenvalue weighted by atomic mass is 10.0. The van der Waals surface area contributed by atoms with Gasteiger partial charge < -0.3 is 19.7 Å². The van der Waals surface area contributed by atoms with Crippen molar-refractivity contribution in [3.63, 3.8) is 0 Å². The molecule has 3 aromatic rings. The van der Waals surface area contributed by atoms with Crippen molar-refractivity contribution >= 4 is 27.7 Å². The van der Waals surface area contributed by atoms with Crippen molar-refractivity contribution < 1.29 is 19.1 Å². The van der Waals surface area contributed by atoms with Gasteiger partial charge in [0.15, 0.2) is 6.61 Å². The lowest BCUT2D eigenvalue weighted by Gasteiger charge is -2.31. The van der Waals surface area contributed by atoms with E-state index >= 15 is 0 Å². The lowest BCUT2D eigenvalue weighted by molar-refractivity contribution is -0.142. The van der Waals surface area contributed by atoms with Gasteiger partial charge in [-0.1, -0.05) is 71.7 Å². The molecule has 0 unspecified atom stereocenters. The van der Waals surface area contributed by atoms with E-state index in [0.29, 0.717) is 24.5 Å². The standard InChI is InChI=1S/C31H37BrN2O4/c1-5-6-15-33-31(36)28(19-24-11-8-7-9-12-24)34(20-25-13-10-14-26(18-25)37-4)29(35)21-38-27-16-22(2)30(32)23(3)17-27/h7-14,16-18,28H,5-6,15,19-21H2,1-4H3,(H,33,36)/t28-/m0/s1. The van der Waals surface area contributed by atoms with E-state index in [1.807, 2.05) is 80.6 Å². The number of nitrogens with zero attached hydrogens (tertiary/aromatic N) is 1. The maximum atomic E-state index is 13.8. The first-order valence-corrected chi connectivity index (χ1v) is 13.7. The number of carbonyl (C=O) groups excluding carboxylic acids is 2. The molecule has 202 valence electrons. The number of ether oxygens (including phenoxy) is 2. The Bertz CT molecular complexity index is 1190. The van der Waals surface area contributed by atoms with Crippen LogP contribution < -0.4 is 14.8 Å². The highest BCUT2D eigenvalue weighted by Crippen LogP contribution is 2.26. The Kier molecular flexibility index (Phi) is 11.2. The monoisotopic (exact) mass is 580 g/mol. The summed E-state index contributed by atoms with van der Waals surface area (Å²) in [5.74, 6) is 0.871. The fourth-order valence-electron chi connectivity index (χ4n) is 4.25. The van der Waals surface area contributed by atoms with Crippen LogP contribution in [0.1, 0.15) is 42.0 Å². The molecule has 0 aromatic heterocycles. The van der Waals surface area contributed by atoms with Crippen LogP contribution in [0.5, 0.6) is 11.5 Å². The van der Waals surface area contributed by atoms with Crippen molar-refractivity contribution in [2.45, 2.75) is 52.6 Å². The molecule has 0 radical (unpaired) electrons. The van der Waals surface area contributed by atoms with Crippen molar-refractivity contribution in [1.82, 2.24) is 10.2 Å². The second-order valence-corrected chi connectivity index (χ2v) is 10.2. The maximum Gasteiger partial charge on any atom is 0.261 e. The minimum Gasteiger partial charge on any atom is -0.497 e. The van der Waals surface area contributed by atoms with Gasteiger partial charge in [0.2, 0.25) is 5.91 Å². The van der Waals surface area contributed by atoms with Crippen LogP contribution in [0.4, 0.5) is 0 Å². The smallest absolute Gasteiger partial charge is 0.261 e. The Morgan fingerprint density at radius 3 is 2.29 bits per heavy atom. The Balaban J connectivity index is 1.92. The molecule has 7 heteroatoms. The molecule has 1 N–H and O–H groups in total. The summed E-state index contributed by atoms with van der Waals surface area (Å²) in [6.45, 7) is 6.67. The van der Waals surface area contributed by atoms with Gasteiger partial charge in [-0.2, -0.15) is 0 Å². The summed E-state index contributed by atoms with van der Waals surface area (Å²) in [4.78, 5) is 28.9. The first-order chi connectivity index (χ1) is 18.3. The van der Waals surface area contributed by atoms with E-state index in [4.69, 9.17) is 9.47 Å². The Labute approximate surface area is 234 Å². The van der Waals surface area contributed by atoms with E-state index in [1.54, 1.807) is 12.0 Å². The Morgan fingerprint density at radius 2 is 1.63 bits per heavy atom. The van der Waals surface area contributed by atoms with Crippen molar-refractivity contribution in [3.05, 3.63) is 93.5 Å². The van der Waals surface area contributed by atoms with E-state index in [-0.39, 0.29) is 25.0 Å². The number of amides is 2. The normalized spacial score (nSPS) is 11.5. The van der Waals surface area contributed by atoms with Crippen LogP contribution in [0.25, 0.3) is 0 Å². The van der Waals surface area contributed by atoms with Crippen LogP contribution in [0.15, 0.2) is 71.2 Å². The van der Waals surface area contributed by atoms with E-state index in [9.17, 15) is 9.59 Å². The van der Waals surface area contributed by atoms with E-state index in [2.05, 4.69) is 28.2 Å². The molecule has 0 bridgehead atoms. The zero-order chi connectivity index (χ0) is 27.5. The fraction of sp³-hybridized carbons (Fsp3) is 0.355. The average molecular weight is 582 g/mol. The SMILES string of the molecule is CCCCNC(=O)[C@H](Cc1ccccc1)N(Cc1cccc(OC)c1)C(=O)COc1cc(C)c(Br)c(C)c1. The summed E-state index contributed by atoms with van der Waals surface area (Å²) in [5.41, 5.74) is 3.90. The molecule has 0 aliphatic carbocycles. The summed E-state index contributed by atoms with van der Waals surface area (Å²) >= 11 is 3.57. The van der Waals surface area contributed by atoms with Crippen molar-refractivity contribution in [2.24, 2.45) is 0 Å². The number of benzene rings is 3. The summed E-state index contributed by atoms with van der Waals surface area (Å²) in [7, 11) is 1.61. The fourth-order valence-corrected chi connectivity index (χ4v) is 4.47. The van der Waals surface area contributed by atoms with Crippen LogP contribution in [-0.2, 0) is 22.6 Å². The van der Waals surface area contributed by atoms with E-state index in [0.717, 1.165) is 39.6 Å². The summed E-state index contributed by atoms with van der Waals surface area (Å²) < 4.78 is 12.4. The zero-order valence-corrected chi connectivity index (χ0v) is 24.2. The number of halogens is 1. The molecule has 3 rings (SSSR count). The Morgan fingerprint density at radius 1 is 0.947 bits per heavy atom. The molecular formula is C31H37BrN2O4. The number of hydrogen-bond acceptors (Lipinski definition) is 4. The predicted octanol–water partition coefficient (Wildman–Crippen LogP) is 6.01. The first-order valence-electron chi connectivity index (χ1n) is 13.0. The summed E-state index contributed by atoms with van der Waals surface area (Å²) in [6, 6.07) is 20.4. The van der Waals surface area contributed by atoms with Gasteiger partial charge in [0.1, 0.15) is 17.5 Å². The van der Waals surface area contributed by atoms with Gasteiger partial charge in [0.05, 0.1) is 7.11 Å². The molecule has 0 heterocycles. The lowest BCUT2D eigenvalue weighted by Crippen LogP contribution is -2.51. The molecular weight excluding hydrogens is 544 g/mol. The van der Waals surface area contributed by atoms with E-state index < -0.39 is 6.04 Å². The topological polar surface area (TPSA) is 67.9 Å². The predicted molar refractivity (Wildman–Crippen MR) is 155 cm³/mol. The number of hydrogen-bond donors (Lipinski definition) is 1. The van der Waals surface area contributed by atoms with Gasteiger partial charge in [-0.15, -0.1) is 0 Å². The largest absolute Gasteiger partial charge is 0.497 e. The third kappa shape index (κ3) is 8.35. The van der Waals surface area contributed by atoms with Crippen LogP contribution in [0.2, 0.25) is 0 Å². The van der Waals surface area contributed by atoms with Gasteiger partial charge in [0, 0.05) is 24.0 Å². The summed E-state index contributed by atoms with van der Waals surface area (Å²) in [6.07, 6.45) is 2.24. The number of methoxy groups -OCH3 is 1.